The topological polar surface area (TPSA) is 62.1 Å². The van der Waals surface area contributed by atoms with E-state index in [1.54, 1.807) is 0 Å². The van der Waals surface area contributed by atoms with Gasteiger partial charge in [0.2, 0.25) is 0 Å². The Hall–Kier alpha value is -2.02. The van der Waals surface area contributed by atoms with Crippen molar-refractivity contribution in [3.8, 4) is 11.8 Å². The fraction of sp³-hybridized carbons (Fsp3) is 0.273. The van der Waals surface area contributed by atoms with Crippen molar-refractivity contribution >= 4 is 5.91 Å². The Morgan fingerprint density at radius 3 is 2.67 bits per heavy atom. The van der Waals surface area contributed by atoms with Crippen LogP contribution in [0.25, 0.3) is 0 Å². The fourth-order valence-corrected chi connectivity index (χ4v) is 1.09. The maximum Gasteiger partial charge on any atom is 0.322 e. The number of nitrogens with one attached hydrogen (secondary N) is 1. The van der Waals surface area contributed by atoms with Gasteiger partial charge in [0.15, 0.2) is 6.07 Å². The highest BCUT2D eigenvalue weighted by Gasteiger charge is 1.98. The smallest absolute Gasteiger partial charge is 0.322 e. The van der Waals surface area contributed by atoms with Gasteiger partial charge in [0.25, 0.3) is 0 Å². The molecule has 0 aliphatic heterocycles. The van der Waals surface area contributed by atoms with Gasteiger partial charge in [-0.05, 0) is 24.6 Å². The first-order chi connectivity index (χ1) is 7.26. The Labute approximate surface area is 88.5 Å². The number of amides is 1. The lowest BCUT2D eigenvalue weighted by atomic mass is 10.2. The molecule has 1 aromatic carbocycles. The molecule has 0 aromatic heterocycles. The maximum atomic E-state index is 10.7. The molecule has 4 nitrogen and oxygen atoms in total. The highest BCUT2D eigenvalue weighted by atomic mass is 16.5. The Balaban J connectivity index is 2.50. The van der Waals surface area contributed by atoms with E-state index in [0.29, 0.717) is 13.2 Å². The van der Waals surface area contributed by atoms with Crippen LogP contribution in [0.3, 0.4) is 0 Å². The van der Waals surface area contributed by atoms with Crippen LogP contribution in [0.15, 0.2) is 24.3 Å². The van der Waals surface area contributed by atoms with E-state index in [4.69, 9.17) is 10.00 Å². The molecule has 0 bridgehead atoms. The monoisotopic (exact) mass is 204 g/mol. The molecule has 1 N–H and O–H groups in total. The average molecular weight is 204 g/mol. The van der Waals surface area contributed by atoms with Gasteiger partial charge >= 0.3 is 5.91 Å². The molecule has 0 aliphatic rings. The lowest BCUT2D eigenvalue weighted by Gasteiger charge is -2.04. The molecule has 15 heavy (non-hydrogen) atoms. The molecule has 0 spiro atoms. The SMILES string of the molecule is CCOc1ccc(CNC(=O)C#N)cc1. The van der Waals surface area contributed by atoms with E-state index in [2.05, 4.69) is 5.32 Å². The molecule has 0 atom stereocenters. The summed E-state index contributed by atoms with van der Waals surface area (Å²) in [6.45, 7) is 2.91. The van der Waals surface area contributed by atoms with Crippen molar-refractivity contribution in [3.05, 3.63) is 29.8 Å². The van der Waals surface area contributed by atoms with Crippen LogP contribution in [0.2, 0.25) is 0 Å². The van der Waals surface area contributed by atoms with Gasteiger partial charge in [0.05, 0.1) is 6.61 Å². The number of hydrogen-bond acceptors (Lipinski definition) is 3. The summed E-state index contributed by atoms with van der Waals surface area (Å²) in [5.74, 6) is 0.178. The quantitative estimate of drug-likeness (QED) is 0.750. The minimum absolute atomic E-state index is 0.360. The molecule has 0 saturated carbocycles. The van der Waals surface area contributed by atoms with Crippen molar-refractivity contribution in [3.63, 3.8) is 0 Å². The third-order valence-electron chi connectivity index (χ3n) is 1.79. The molecule has 0 aliphatic carbocycles. The number of carbonyl (C=O) groups excluding carboxylic acids is 1. The minimum atomic E-state index is -0.621. The number of nitrogens with zero attached hydrogens (tertiary/aromatic N) is 1. The Morgan fingerprint density at radius 2 is 2.13 bits per heavy atom. The van der Waals surface area contributed by atoms with Gasteiger partial charge in [0.1, 0.15) is 5.75 Å². The molecule has 1 aromatic rings. The van der Waals surface area contributed by atoms with E-state index in [-0.39, 0.29) is 0 Å². The number of nitriles is 1. The van der Waals surface area contributed by atoms with Crippen LogP contribution in [0.5, 0.6) is 5.75 Å². The summed E-state index contributed by atoms with van der Waals surface area (Å²) in [6, 6.07) is 8.85. The van der Waals surface area contributed by atoms with Gasteiger partial charge in [0, 0.05) is 6.54 Å². The first kappa shape index (κ1) is 11.1. The minimum Gasteiger partial charge on any atom is -0.494 e. The van der Waals surface area contributed by atoms with Crippen LogP contribution in [0.4, 0.5) is 0 Å². The Bertz CT molecular complexity index is 365. The first-order valence-electron chi connectivity index (χ1n) is 4.66. The zero-order valence-electron chi connectivity index (χ0n) is 8.49. The molecular formula is C11H12N2O2. The predicted octanol–water partition coefficient (Wildman–Crippen LogP) is 1.23. The standard InChI is InChI=1S/C11H12N2O2/c1-2-15-10-5-3-9(4-6-10)8-13-11(14)7-12/h3-6H,2,8H2,1H3,(H,13,14). The van der Waals surface area contributed by atoms with Gasteiger partial charge in [-0.25, -0.2) is 0 Å². The zero-order valence-corrected chi connectivity index (χ0v) is 8.49. The lowest BCUT2D eigenvalue weighted by molar-refractivity contribution is -0.116. The number of ether oxygens (including phenoxy) is 1. The van der Waals surface area contributed by atoms with Crippen LogP contribution in [0, 0.1) is 11.3 Å². The number of benzene rings is 1. The molecule has 4 heteroatoms. The second-order valence-corrected chi connectivity index (χ2v) is 2.87. The van der Waals surface area contributed by atoms with Crippen molar-refractivity contribution in [1.82, 2.24) is 5.32 Å². The van der Waals surface area contributed by atoms with Crippen molar-refractivity contribution in [2.75, 3.05) is 6.61 Å². The van der Waals surface area contributed by atoms with Crippen LogP contribution >= 0.6 is 0 Å². The van der Waals surface area contributed by atoms with E-state index >= 15 is 0 Å². The lowest BCUT2D eigenvalue weighted by Crippen LogP contribution is -2.20. The average Bonchev–Trinajstić information content (AvgIpc) is 2.28. The van der Waals surface area contributed by atoms with Crippen LogP contribution in [0.1, 0.15) is 12.5 Å². The summed E-state index contributed by atoms with van der Waals surface area (Å²) in [6.07, 6.45) is 0. The molecule has 0 heterocycles. The van der Waals surface area contributed by atoms with E-state index in [1.165, 1.54) is 6.07 Å². The van der Waals surface area contributed by atoms with E-state index in [9.17, 15) is 4.79 Å². The second kappa shape index (κ2) is 5.66. The fourth-order valence-electron chi connectivity index (χ4n) is 1.09. The maximum absolute atomic E-state index is 10.7. The van der Waals surface area contributed by atoms with Gasteiger partial charge in [-0.3, -0.25) is 4.79 Å². The summed E-state index contributed by atoms with van der Waals surface area (Å²) in [5, 5.41) is 10.7. The van der Waals surface area contributed by atoms with Crippen LogP contribution in [-0.2, 0) is 11.3 Å². The molecule has 0 radical (unpaired) electrons. The Kier molecular flexibility index (Phi) is 4.17. The molecule has 0 fully saturated rings. The normalized spacial score (nSPS) is 9.07. The van der Waals surface area contributed by atoms with Gasteiger partial charge in [-0.15, -0.1) is 0 Å². The number of rotatable bonds is 4. The molecule has 0 saturated heterocycles. The van der Waals surface area contributed by atoms with Gasteiger partial charge in [-0.1, -0.05) is 12.1 Å². The first-order valence-corrected chi connectivity index (χ1v) is 4.66. The predicted molar refractivity (Wildman–Crippen MR) is 55.1 cm³/mol. The van der Waals surface area contributed by atoms with Crippen LogP contribution < -0.4 is 10.1 Å². The molecule has 78 valence electrons. The third kappa shape index (κ3) is 3.69. The molecule has 0 unspecified atom stereocenters. The highest BCUT2D eigenvalue weighted by molar-refractivity contribution is 5.91. The van der Waals surface area contributed by atoms with Crippen molar-refractivity contribution in [2.24, 2.45) is 0 Å². The third-order valence-corrected chi connectivity index (χ3v) is 1.79. The van der Waals surface area contributed by atoms with Crippen molar-refractivity contribution in [1.29, 1.82) is 5.26 Å². The number of hydrogen-bond donors (Lipinski definition) is 1. The molecule has 1 amide bonds. The van der Waals surface area contributed by atoms with E-state index in [0.717, 1.165) is 11.3 Å². The summed E-state index contributed by atoms with van der Waals surface area (Å²) in [7, 11) is 0. The summed E-state index contributed by atoms with van der Waals surface area (Å²) in [4.78, 5) is 10.7. The zero-order chi connectivity index (χ0) is 11.1. The number of carbonyl (C=O) groups is 1. The van der Waals surface area contributed by atoms with Crippen molar-refractivity contribution < 1.29 is 9.53 Å². The second-order valence-electron chi connectivity index (χ2n) is 2.87. The van der Waals surface area contributed by atoms with Crippen molar-refractivity contribution in [2.45, 2.75) is 13.5 Å². The van der Waals surface area contributed by atoms with Gasteiger partial charge < -0.3 is 10.1 Å². The summed E-state index contributed by atoms with van der Waals surface area (Å²) in [5.41, 5.74) is 0.932. The van der Waals surface area contributed by atoms with E-state index < -0.39 is 5.91 Å². The van der Waals surface area contributed by atoms with Gasteiger partial charge in [-0.2, -0.15) is 5.26 Å². The Morgan fingerprint density at radius 1 is 1.47 bits per heavy atom. The van der Waals surface area contributed by atoms with E-state index in [1.807, 2.05) is 31.2 Å². The highest BCUT2D eigenvalue weighted by Crippen LogP contribution is 2.11. The molecular weight excluding hydrogens is 192 g/mol. The summed E-state index contributed by atoms with van der Waals surface area (Å²) >= 11 is 0. The largest absolute Gasteiger partial charge is 0.494 e. The molecule has 1 rings (SSSR count). The summed E-state index contributed by atoms with van der Waals surface area (Å²) < 4.78 is 5.27. The van der Waals surface area contributed by atoms with Crippen LogP contribution in [-0.4, -0.2) is 12.5 Å².